The third-order valence-electron chi connectivity index (χ3n) is 7.42. The molecule has 0 aliphatic heterocycles. The zero-order chi connectivity index (χ0) is 32.0. The molecule has 0 spiro atoms. The number of carbonyl (C=O) groups excluding carboxylic acids is 2. The Labute approximate surface area is 252 Å². The Morgan fingerprint density at radius 3 is 1.84 bits per heavy atom. The van der Waals surface area contributed by atoms with Gasteiger partial charge in [-0.15, -0.1) is 0 Å². The molecule has 228 valence electrons. The Balaban J connectivity index is 0.000000213. The molecule has 44 heavy (non-hydrogen) atoms. The van der Waals surface area contributed by atoms with Gasteiger partial charge in [-0.3, -0.25) is 4.79 Å². The van der Waals surface area contributed by atoms with E-state index < -0.39 is 41.6 Å². The number of aliphatic carboxylic acids is 2. The molecule has 1 heterocycles. The number of benzene rings is 2. The number of pyridine rings is 1. The van der Waals surface area contributed by atoms with Gasteiger partial charge in [-0.1, -0.05) is 54.1 Å². The van der Waals surface area contributed by atoms with Gasteiger partial charge in [-0.2, -0.15) is 0 Å². The number of carboxylic acid groups (broad SMARTS) is 2. The molecule has 5 N–H and O–H groups in total. The smallest absolute Gasteiger partial charge is 0.349 e. The summed E-state index contributed by atoms with van der Waals surface area (Å²) in [4.78, 5) is 61.2. The summed E-state index contributed by atoms with van der Waals surface area (Å²) in [6, 6.07) is 18.3. The molecule has 2 aliphatic rings. The number of nitrogens with two attached hydrogens (primary N) is 1. The Kier molecular flexibility index (Phi) is 9.60. The van der Waals surface area contributed by atoms with E-state index >= 15 is 0 Å². The molecule has 2 bridgehead atoms. The van der Waals surface area contributed by atoms with Crippen molar-refractivity contribution in [3.05, 3.63) is 129 Å². The first-order valence-corrected chi connectivity index (χ1v) is 13.8. The van der Waals surface area contributed by atoms with E-state index in [9.17, 15) is 34.2 Å². The summed E-state index contributed by atoms with van der Waals surface area (Å²) in [5.74, 6) is -5.30. The molecule has 0 saturated heterocycles. The first-order chi connectivity index (χ1) is 20.9. The summed E-state index contributed by atoms with van der Waals surface area (Å²) in [5, 5.41) is 18.5. The Bertz CT molecular complexity index is 1610. The average molecular weight is 601 g/mol. The molecule has 11 nitrogen and oxygen atoms in total. The highest BCUT2D eigenvalue weighted by Gasteiger charge is 2.44. The summed E-state index contributed by atoms with van der Waals surface area (Å²) in [6.45, 7) is 4.19. The summed E-state index contributed by atoms with van der Waals surface area (Å²) in [6.07, 6.45) is 1.68. The number of fused-ring (bicyclic) bond motifs is 4. The second-order valence-electron chi connectivity index (χ2n) is 10.5. The van der Waals surface area contributed by atoms with Crippen LogP contribution in [-0.2, 0) is 31.0 Å². The van der Waals surface area contributed by atoms with Crippen LogP contribution in [0, 0.1) is 5.92 Å². The van der Waals surface area contributed by atoms with Crippen LogP contribution < -0.4 is 11.3 Å². The van der Waals surface area contributed by atoms with Gasteiger partial charge in [0.15, 0.2) is 0 Å². The fraction of sp³-hybridized carbons (Fsp3) is 0.242. The van der Waals surface area contributed by atoms with Gasteiger partial charge in [0.2, 0.25) is 17.8 Å². The number of hydrogen-bond donors (Lipinski definition) is 4. The lowest BCUT2D eigenvalue weighted by molar-refractivity contribution is -0.166. The van der Waals surface area contributed by atoms with Crippen molar-refractivity contribution in [3.8, 4) is 0 Å². The van der Waals surface area contributed by atoms with Crippen LogP contribution in [0.2, 0.25) is 0 Å². The van der Waals surface area contributed by atoms with Crippen molar-refractivity contribution in [1.29, 1.82) is 0 Å². The van der Waals surface area contributed by atoms with Crippen molar-refractivity contribution in [3.63, 3.8) is 0 Å². The van der Waals surface area contributed by atoms with Gasteiger partial charge >= 0.3 is 23.9 Å². The highest BCUT2D eigenvalue weighted by atomic mass is 16.6. The maximum atomic E-state index is 12.0. The van der Waals surface area contributed by atoms with E-state index in [0.29, 0.717) is 5.92 Å². The fourth-order valence-corrected chi connectivity index (χ4v) is 5.57. The van der Waals surface area contributed by atoms with Crippen molar-refractivity contribution in [1.82, 2.24) is 4.98 Å². The van der Waals surface area contributed by atoms with Crippen molar-refractivity contribution < 1.29 is 38.9 Å². The highest BCUT2D eigenvalue weighted by molar-refractivity contribution is 5.95. The van der Waals surface area contributed by atoms with Crippen LogP contribution in [0.25, 0.3) is 0 Å². The summed E-state index contributed by atoms with van der Waals surface area (Å²) < 4.78 is 9.52. The second kappa shape index (κ2) is 13.3. The molecule has 2 aliphatic carbocycles. The number of carbonyl (C=O) groups is 4. The summed E-state index contributed by atoms with van der Waals surface area (Å²) in [5.41, 5.74) is 11.0. The van der Waals surface area contributed by atoms with Crippen molar-refractivity contribution in [2.45, 2.75) is 44.4 Å². The molecule has 0 amide bonds. The van der Waals surface area contributed by atoms with Gasteiger partial charge in [-0.25, -0.2) is 19.2 Å². The van der Waals surface area contributed by atoms with Gasteiger partial charge in [0.25, 0.3) is 0 Å². The minimum absolute atomic E-state index is 0.0253. The number of rotatable bonds is 7. The molecule has 3 aromatic rings. The van der Waals surface area contributed by atoms with E-state index in [1.165, 1.54) is 59.7 Å². The number of ether oxygens (including phenoxy) is 2. The predicted molar refractivity (Wildman–Crippen MR) is 159 cm³/mol. The first-order valence-electron chi connectivity index (χ1n) is 13.8. The van der Waals surface area contributed by atoms with Crippen molar-refractivity contribution in [2.24, 2.45) is 11.7 Å². The molecular formula is C33H32N2O9. The van der Waals surface area contributed by atoms with Gasteiger partial charge in [0, 0.05) is 17.7 Å². The minimum atomic E-state index is -2.21. The molecular weight excluding hydrogens is 568 g/mol. The number of aromatic amines is 1. The lowest BCUT2D eigenvalue weighted by atomic mass is 9.63. The van der Waals surface area contributed by atoms with E-state index in [4.69, 9.17) is 15.2 Å². The van der Waals surface area contributed by atoms with Crippen LogP contribution in [0.1, 0.15) is 52.2 Å². The number of nitrogens with one attached hydrogen (secondary N) is 1. The van der Waals surface area contributed by atoms with Crippen LogP contribution >= 0.6 is 0 Å². The minimum Gasteiger partial charge on any atom is -0.478 e. The third kappa shape index (κ3) is 6.84. The fourth-order valence-electron chi connectivity index (χ4n) is 5.57. The highest BCUT2D eigenvalue weighted by Crippen LogP contribution is 2.47. The van der Waals surface area contributed by atoms with E-state index in [0.717, 1.165) is 24.1 Å². The normalized spacial score (nSPS) is 20.5. The number of hydrogen-bond acceptors (Lipinski definition) is 8. The number of carboxylic acids is 2. The quantitative estimate of drug-likeness (QED) is 0.231. The maximum absolute atomic E-state index is 12.0. The molecule has 0 radical (unpaired) electrons. The van der Waals surface area contributed by atoms with Crippen LogP contribution in [0.15, 0.2) is 101 Å². The molecule has 1 aromatic heterocycles. The lowest BCUT2D eigenvalue weighted by Gasteiger charge is -2.45. The summed E-state index contributed by atoms with van der Waals surface area (Å²) >= 11 is 0. The van der Waals surface area contributed by atoms with Crippen LogP contribution in [0.5, 0.6) is 0 Å². The number of H-pyrrole nitrogens is 1. The van der Waals surface area contributed by atoms with Gasteiger partial charge in [-0.05, 0) is 68.2 Å². The Morgan fingerprint density at radius 2 is 1.39 bits per heavy atom. The molecule has 2 aromatic carbocycles. The third-order valence-corrected chi connectivity index (χ3v) is 7.42. The topological polar surface area (TPSA) is 186 Å². The van der Waals surface area contributed by atoms with Gasteiger partial charge in [0.05, 0.1) is 16.7 Å². The summed E-state index contributed by atoms with van der Waals surface area (Å²) in [7, 11) is 0. The number of aromatic nitrogens is 1. The predicted octanol–water partition coefficient (Wildman–Crippen LogP) is 3.60. The molecule has 0 fully saturated rings. The zero-order valence-electron chi connectivity index (χ0n) is 24.1. The van der Waals surface area contributed by atoms with Crippen molar-refractivity contribution in [2.75, 3.05) is 0 Å². The molecule has 5 rings (SSSR count). The van der Waals surface area contributed by atoms with Gasteiger partial charge in [0.1, 0.15) is 0 Å². The van der Waals surface area contributed by atoms with E-state index in [2.05, 4.69) is 31.0 Å². The standard InChI is InChI=1S/C18H14O8.C15H18N2O/c19-15(20)13(25-17(23)11-7-3-1-4-8-11)14(16(21)22)26-18(24)12-9-5-2-6-10-12;1-3-11-10-6-9(2)8-15(11,16)12-4-5-14(18)17-13(12)7-10/h1-10,13-14H,(H,19,20)(H,21,22);3-6,10H,7-8,16H2,1-2H3,(H,17,18)/b;11-3+/t13-,14-;10-,15+/m01/s1. The largest absolute Gasteiger partial charge is 0.478 e. The zero-order valence-corrected chi connectivity index (χ0v) is 24.1. The van der Waals surface area contributed by atoms with Gasteiger partial charge < -0.3 is 30.4 Å². The number of esters is 2. The molecule has 11 heteroatoms. The Hall–Kier alpha value is -5.29. The van der Waals surface area contributed by atoms with Crippen LogP contribution in [0.3, 0.4) is 0 Å². The van der Waals surface area contributed by atoms with E-state index in [1.54, 1.807) is 18.2 Å². The number of allylic oxidation sites excluding steroid dienone is 2. The molecule has 0 saturated carbocycles. The average Bonchev–Trinajstić information content (AvgIpc) is 2.99. The van der Waals surface area contributed by atoms with Crippen LogP contribution in [-0.4, -0.2) is 51.3 Å². The molecule has 4 atom stereocenters. The second-order valence-corrected chi connectivity index (χ2v) is 10.5. The maximum Gasteiger partial charge on any atom is 0.349 e. The SMILES string of the molecule is C/C=C1\[C@@H]2C=C(C)C[C@@]1(N)c1ccc(=O)[nH]c1C2.O=C(O[C@H](C(=O)O)[C@H](OC(=O)c1ccccc1)C(=O)O)c1ccccc1. The van der Waals surface area contributed by atoms with E-state index in [-0.39, 0.29) is 16.7 Å². The monoisotopic (exact) mass is 600 g/mol. The first kappa shape index (κ1) is 31.6. The van der Waals surface area contributed by atoms with Crippen molar-refractivity contribution >= 4 is 23.9 Å². The molecule has 0 unspecified atom stereocenters. The van der Waals surface area contributed by atoms with E-state index in [1.807, 2.05) is 6.07 Å². The Morgan fingerprint density at radius 1 is 0.886 bits per heavy atom. The van der Waals surface area contributed by atoms with Crippen LogP contribution in [0.4, 0.5) is 0 Å². The lowest BCUT2D eigenvalue weighted by Crippen LogP contribution is -2.48.